The molecule has 0 aromatic carbocycles. The minimum absolute atomic E-state index is 0.432. The summed E-state index contributed by atoms with van der Waals surface area (Å²) in [5, 5.41) is 3.82. The lowest BCUT2D eigenvalue weighted by Crippen LogP contribution is -2.62. The van der Waals surface area contributed by atoms with Crippen LogP contribution in [0.15, 0.2) is 24.5 Å². The van der Waals surface area contributed by atoms with E-state index in [1.807, 2.05) is 18.5 Å². The second-order valence-electron chi connectivity index (χ2n) is 6.30. The second kappa shape index (κ2) is 5.59. The maximum atomic E-state index is 4.21. The Morgan fingerprint density at radius 3 is 3.00 bits per heavy atom. The van der Waals surface area contributed by atoms with Gasteiger partial charge in [-0.3, -0.25) is 9.88 Å². The van der Waals surface area contributed by atoms with E-state index in [0.29, 0.717) is 11.6 Å². The molecule has 0 bridgehead atoms. The fourth-order valence-corrected chi connectivity index (χ4v) is 3.60. The number of piperazine rings is 1. The van der Waals surface area contributed by atoms with Crippen LogP contribution in [0.2, 0.25) is 0 Å². The van der Waals surface area contributed by atoms with Gasteiger partial charge in [0.2, 0.25) is 0 Å². The van der Waals surface area contributed by atoms with E-state index in [2.05, 4.69) is 28.2 Å². The maximum absolute atomic E-state index is 4.21. The highest BCUT2D eigenvalue weighted by Crippen LogP contribution is 2.33. The molecule has 2 fully saturated rings. The molecule has 1 saturated carbocycles. The summed E-state index contributed by atoms with van der Waals surface area (Å²) in [6, 6.07) is 4.88. The molecule has 104 valence electrons. The Bertz CT molecular complexity index is 398. The van der Waals surface area contributed by atoms with Crippen molar-refractivity contribution in [3.8, 4) is 0 Å². The minimum atomic E-state index is 0.432. The lowest BCUT2D eigenvalue weighted by Gasteiger charge is -2.45. The Labute approximate surface area is 116 Å². The van der Waals surface area contributed by atoms with Gasteiger partial charge in [0, 0.05) is 43.6 Å². The average molecular weight is 259 g/mol. The summed E-state index contributed by atoms with van der Waals surface area (Å²) in [7, 11) is 0. The summed E-state index contributed by atoms with van der Waals surface area (Å²) in [5.41, 5.74) is 1.79. The Morgan fingerprint density at radius 2 is 2.26 bits per heavy atom. The van der Waals surface area contributed by atoms with E-state index in [0.717, 1.165) is 19.5 Å². The number of nitrogens with one attached hydrogen (secondary N) is 1. The SMILES string of the molecule is CC1CNC2(CCCC2)CN1CCc1cccnc1. The van der Waals surface area contributed by atoms with Crippen LogP contribution >= 0.6 is 0 Å². The van der Waals surface area contributed by atoms with Crippen LogP contribution in [0.25, 0.3) is 0 Å². The molecule has 3 heteroatoms. The predicted octanol–water partition coefficient (Wildman–Crippen LogP) is 2.23. The Morgan fingerprint density at radius 1 is 1.42 bits per heavy atom. The van der Waals surface area contributed by atoms with Crippen molar-refractivity contribution in [2.24, 2.45) is 0 Å². The van der Waals surface area contributed by atoms with E-state index in [-0.39, 0.29) is 0 Å². The molecular weight excluding hydrogens is 234 g/mol. The topological polar surface area (TPSA) is 28.2 Å². The van der Waals surface area contributed by atoms with Crippen molar-refractivity contribution >= 4 is 0 Å². The van der Waals surface area contributed by atoms with E-state index in [1.54, 1.807) is 0 Å². The molecule has 1 spiro atoms. The molecule has 1 aliphatic carbocycles. The molecule has 19 heavy (non-hydrogen) atoms. The fourth-order valence-electron chi connectivity index (χ4n) is 3.60. The third-order valence-corrected chi connectivity index (χ3v) is 4.87. The molecule has 1 aliphatic heterocycles. The van der Waals surface area contributed by atoms with Crippen molar-refractivity contribution in [1.29, 1.82) is 0 Å². The molecule has 2 heterocycles. The number of rotatable bonds is 3. The highest BCUT2D eigenvalue weighted by atomic mass is 15.2. The molecular formula is C16H25N3. The van der Waals surface area contributed by atoms with Gasteiger partial charge in [-0.05, 0) is 37.8 Å². The van der Waals surface area contributed by atoms with Crippen LogP contribution in [0.5, 0.6) is 0 Å². The van der Waals surface area contributed by atoms with Crippen LogP contribution < -0.4 is 5.32 Å². The van der Waals surface area contributed by atoms with Crippen LogP contribution in [-0.4, -0.2) is 41.1 Å². The second-order valence-corrected chi connectivity index (χ2v) is 6.30. The summed E-state index contributed by atoms with van der Waals surface area (Å²) in [6.45, 7) is 5.88. The van der Waals surface area contributed by atoms with Gasteiger partial charge in [-0.2, -0.15) is 0 Å². The predicted molar refractivity (Wildman–Crippen MR) is 78.2 cm³/mol. The molecule has 1 aromatic heterocycles. The standard InChI is InChI=1S/C16H25N3/c1-14-11-18-16(7-2-3-8-16)13-19(14)10-6-15-5-4-9-17-12-15/h4-5,9,12,14,18H,2-3,6-8,10-11,13H2,1H3. The quantitative estimate of drug-likeness (QED) is 0.902. The first-order valence-corrected chi connectivity index (χ1v) is 7.65. The van der Waals surface area contributed by atoms with Gasteiger partial charge in [-0.1, -0.05) is 18.9 Å². The highest BCUT2D eigenvalue weighted by Gasteiger charge is 2.39. The van der Waals surface area contributed by atoms with Crippen LogP contribution in [-0.2, 0) is 6.42 Å². The summed E-state index contributed by atoms with van der Waals surface area (Å²) in [5.74, 6) is 0. The van der Waals surface area contributed by atoms with Crippen LogP contribution in [0.1, 0.15) is 38.2 Å². The first-order valence-electron chi connectivity index (χ1n) is 7.65. The van der Waals surface area contributed by atoms with Crippen molar-refractivity contribution < 1.29 is 0 Å². The fraction of sp³-hybridized carbons (Fsp3) is 0.688. The molecule has 1 unspecified atom stereocenters. The summed E-state index contributed by atoms with van der Waals surface area (Å²) in [6.07, 6.45) is 10.5. The summed E-state index contributed by atoms with van der Waals surface area (Å²) in [4.78, 5) is 6.88. The number of pyridine rings is 1. The zero-order valence-corrected chi connectivity index (χ0v) is 11.9. The monoisotopic (exact) mass is 259 g/mol. The molecule has 3 rings (SSSR count). The van der Waals surface area contributed by atoms with Gasteiger partial charge in [0.1, 0.15) is 0 Å². The van der Waals surface area contributed by atoms with E-state index in [1.165, 1.54) is 37.8 Å². The molecule has 1 saturated heterocycles. The van der Waals surface area contributed by atoms with Gasteiger partial charge < -0.3 is 5.32 Å². The molecule has 0 amide bonds. The van der Waals surface area contributed by atoms with Gasteiger partial charge in [-0.25, -0.2) is 0 Å². The third kappa shape index (κ3) is 2.98. The number of hydrogen-bond donors (Lipinski definition) is 1. The van der Waals surface area contributed by atoms with Crippen molar-refractivity contribution in [3.63, 3.8) is 0 Å². The third-order valence-electron chi connectivity index (χ3n) is 4.87. The number of nitrogens with zero attached hydrogens (tertiary/aromatic N) is 2. The smallest absolute Gasteiger partial charge is 0.0309 e. The minimum Gasteiger partial charge on any atom is -0.308 e. The van der Waals surface area contributed by atoms with E-state index in [9.17, 15) is 0 Å². The van der Waals surface area contributed by atoms with Crippen molar-refractivity contribution in [2.75, 3.05) is 19.6 Å². The van der Waals surface area contributed by atoms with Gasteiger partial charge in [-0.15, -0.1) is 0 Å². The Hall–Kier alpha value is -0.930. The zero-order chi connectivity index (χ0) is 13.1. The van der Waals surface area contributed by atoms with E-state index < -0.39 is 0 Å². The first-order chi connectivity index (χ1) is 9.27. The van der Waals surface area contributed by atoms with E-state index >= 15 is 0 Å². The summed E-state index contributed by atoms with van der Waals surface area (Å²) >= 11 is 0. The number of hydrogen-bond acceptors (Lipinski definition) is 3. The Kier molecular flexibility index (Phi) is 3.85. The normalized spacial score (nSPS) is 26.9. The molecule has 1 N–H and O–H groups in total. The van der Waals surface area contributed by atoms with Gasteiger partial charge in [0.15, 0.2) is 0 Å². The molecule has 3 nitrogen and oxygen atoms in total. The van der Waals surface area contributed by atoms with Crippen molar-refractivity contribution in [2.45, 2.75) is 50.6 Å². The van der Waals surface area contributed by atoms with Crippen LogP contribution in [0.4, 0.5) is 0 Å². The largest absolute Gasteiger partial charge is 0.308 e. The molecule has 2 aliphatic rings. The maximum Gasteiger partial charge on any atom is 0.0309 e. The highest BCUT2D eigenvalue weighted by molar-refractivity contribution is 5.09. The molecule has 0 radical (unpaired) electrons. The lowest BCUT2D eigenvalue weighted by atomic mass is 9.92. The number of aromatic nitrogens is 1. The molecule has 1 aromatic rings. The molecule has 1 atom stereocenters. The zero-order valence-electron chi connectivity index (χ0n) is 11.9. The van der Waals surface area contributed by atoms with Crippen LogP contribution in [0.3, 0.4) is 0 Å². The lowest BCUT2D eigenvalue weighted by molar-refractivity contribution is 0.0903. The van der Waals surface area contributed by atoms with Crippen LogP contribution in [0, 0.1) is 0 Å². The summed E-state index contributed by atoms with van der Waals surface area (Å²) < 4.78 is 0. The van der Waals surface area contributed by atoms with Gasteiger partial charge >= 0.3 is 0 Å². The first kappa shape index (κ1) is 13.1. The Balaban J connectivity index is 1.59. The van der Waals surface area contributed by atoms with Gasteiger partial charge in [0.25, 0.3) is 0 Å². The van der Waals surface area contributed by atoms with Crippen molar-refractivity contribution in [1.82, 2.24) is 15.2 Å². The van der Waals surface area contributed by atoms with Crippen molar-refractivity contribution in [3.05, 3.63) is 30.1 Å². The average Bonchev–Trinajstić information content (AvgIpc) is 2.90. The van der Waals surface area contributed by atoms with E-state index in [4.69, 9.17) is 0 Å². The van der Waals surface area contributed by atoms with Gasteiger partial charge in [0.05, 0.1) is 0 Å².